The molecule has 3 rings (SSSR count). The number of likely N-dealkylation sites (tertiary alicyclic amines) is 1. The van der Waals surface area contributed by atoms with Gasteiger partial charge in [-0.1, -0.05) is 37.3 Å². The monoisotopic (exact) mass is 217 g/mol. The molecule has 0 aliphatic carbocycles. The number of hydrogen-bond donors (Lipinski definition) is 0. The minimum absolute atomic E-state index is 0.424. The molecule has 2 aliphatic heterocycles. The van der Waals surface area contributed by atoms with E-state index in [0.717, 1.165) is 13.2 Å². The van der Waals surface area contributed by atoms with Crippen molar-refractivity contribution in [2.75, 3.05) is 19.7 Å². The quantitative estimate of drug-likeness (QED) is 0.753. The zero-order chi connectivity index (χ0) is 11.0. The van der Waals surface area contributed by atoms with Gasteiger partial charge in [0.2, 0.25) is 0 Å². The predicted molar refractivity (Wildman–Crippen MR) is 64.2 cm³/mol. The standard InChI is InChI=1S/C14H19NO/c1-14-10-15(8-7-13(14)16-11-14)9-12-5-3-2-4-6-12/h2-6,13H,7-11H2,1H3/t13-,14-/m1/s1. The first kappa shape index (κ1) is 10.3. The summed E-state index contributed by atoms with van der Waals surface area (Å²) < 4.78 is 5.61. The summed E-state index contributed by atoms with van der Waals surface area (Å²) in [5.74, 6) is 0. The van der Waals surface area contributed by atoms with Gasteiger partial charge in [-0.2, -0.15) is 0 Å². The summed E-state index contributed by atoms with van der Waals surface area (Å²) in [5, 5.41) is 0. The van der Waals surface area contributed by atoms with Crippen LogP contribution in [0.5, 0.6) is 0 Å². The van der Waals surface area contributed by atoms with E-state index in [9.17, 15) is 0 Å². The summed E-state index contributed by atoms with van der Waals surface area (Å²) in [7, 11) is 0. The molecule has 0 unspecified atom stereocenters. The molecule has 0 spiro atoms. The summed E-state index contributed by atoms with van der Waals surface area (Å²) >= 11 is 0. The second kappa shape index (κ2) is 3.86. The van der Waals surface area contributed by atoms with Crippen LogP contribution in [0, 0.1) is 5.41 Å². The first-order valence-corrected chi connectivity index (χ1v) is 6.14. The Bertz CT molecular complexity index is 364. The molecule has 0 saturated carbocycles. The molecule has 0 N–H and O–H groups in total. The van der Waals surface area contributed by atoms with E-state index < -0.39 is 0 Å². The van der Waals surface area contributed by atoms with Gasteiger partial charge in [-0.3, -0.25) is 4.90 Å². The molecule has 1 aromatic rings. The smallest absolute Gasteiger partial charge is 0.0675 e. The Morgan fingerprint density at radius 1 is 1.38 bits per heavy atom. The fourth-order valence-electron chi connectivity index (χ4n) is 2.93. The highest BCUT2D eigenvalue weighted by Crippen LogP contribution is 2.40. The molecule has 86 valence electrons. The van der Waals surface area contributed by atoms with Gasteiger partial charge in [0.25, 0.3) is 0 Å². The van der Waals surface area contributed by atoms with E-state index in [4.69, 9.17) is 4.74 Å². The van der Waals surface area contributed by atoms with Crippen molar-refractivity contribution in [2.45, 2.75) is 26.0 Å². The van der Waals surface area contributed by atoms with Gasteiger partial charge in [-0.05, 0) is 12.0 Å². The topological polar surface area (TPSA) is 12.5 Å². The van der Waals surface area contributed by atoms with E-state index in [1.54, 1.807) is 0 Å². The maximum absolute atomic E-state index is 5.61. The number of benzene rings is 1. The molecule has 2 nitrogen and oxygen atoms in total. The van der Waals surface area contributed by atoms with Gasteiger partial charge >= 0.3 is 0 Å². The van der Waals surface area contributed by atoms with E-state index in [-0.39, 0.29) is 0 Å². The third kappa shape index (κ3) is 1.76. The van der Waals surface area contributed by atoms with Gasteiger partial charge < -0.3 is 4.74 Å². The van der Waals surface area contributed by atoms with Crippen molar-refractivity contribution in [3.63, 3.8) is 0 Å². The Hall–Kier alpha value is -0.860. The molecule has 2 heterocycles. The van der Waals surface area contributed by atoms with E-state index >= 15 is 0 Å². The number of piperidine rings is 1. The molecule has 2 heteroatoms. The van der Waals surface area contributed by atoms with Crippen LogP contribution in [-0.4, -0.2) is 30.7 Å². The van der Waals surface area contributed by atoms with Crippen LogP contribution < -0.4 is 0 Å². The molecule has 0 radical (unpaired) electrons. The molecule has 2 aliphatic rings. The Balaban J connectivity index is 1.64. The van der Waals surface area contributed by atoms with Crippen molar-refractivity contribution in [2.24, 2.45) is 5.41 Å². The van der Waals surface area contributed by atoms with Gasteiger partial charge in [-0.25, -0.2) is 0 Å². The molecular weight excluding hydrogens is 198 g/mol. The fraction of sp³-hybridized carbons (Fsp3) is 0.571. The lowest BCUT2D eigenvalue weighted by atomic mass is 9.75. The van der Waals surface area contributed by atoms with Crippen LogP contribution in [-0.2, 0) is 11.3 Å². The summed E-state index contributed by atoms with van der Waals surface area (Å²) in [4.78, 5) is 2.56. The molecule has 2 saturated heterocycles. The van der Waals surface area contributed by atoms with E-state index in [1.165, 1.54) is 25.1 Å². The van der Waals surface area contributed by atoms with Crippen molar-refractivity contribution < 1.29 is 4.74 Å². The highest BCUT2D eigenvalue weighted by Gasteiger charge is 2.47. The minimum Gasteiger partial charge on any atom is -0.377 e. The number of rotatable bonds is 2. The van der Waals surface area contributed by atoms with E-state index in [0.29, 0.717) is 11.5 Å². The lowest BCUT2D eigenvalue weighted by molar-refractivity contribution is -0.209. The third-order valence-corrected chi connectivity index (χ3v) is 3.93. The van der Waals surface area contributed by atoms with E-state index in [1.807, 2.05) is 0 Å². The average Bonchev–Trinajstić information content (AvgIpc) is 2.27. The van der Waals surface area contributed by atoms with Crippen LogP contribution in [0.4, 0.5) is 0 Å². The van der Waals surface area contributed by atoms with Crippen molar-refractivity contribution in [3.05, 3.63) is 35.9 Å². The van der Waals surface area contributed by atoms with Crippen LogP contribution in [0.2, 0.25) is 0 Å². The molecule has 2 atom stereocenters. The molecule has 0 amide bonds. The van der Waals surface area contributed by atoms with Crippen LogP contribution in [0.1, 0.15) is 18.9 Å². The van der Waals surface area contributed by atoms with Crippen LogP contribution in [0.15, 0.2) is 30.3 Å². The van der Waals surface area contributed by atoms with Crippen molar-refractivity contribution in [3.8, 4) is 0 Å². The molecule has 1 aromatic carbocycles. The first-order valence-electron chi connectivity index (χ1n) is 6.14. The highest BCUT2D eigenvalue weighted by molar-refractivity contribution is 5.15. The van der Waals surface area contributed by atoms with Gasteiger partial charge in [0.15, 0.2) is 0 Å². The minimum atomic E-state index is 0.424. The Morgan fingerprint density at radius 3 is 2.81 bits per heavy atom. The van der Waals surface area contributed by atoms with Crippen LogP contribution in [0.3, 0.4) is 0 Å². The second-order valence-corrected chi connectivity index (χ2v) is 5.44. The molecule has 2 fully saturated rings. The first-order chi connectivity index (χ1) is 7.76. The maximum Gasteiger partial charge on any atom is 0.0675 e. The normalized spacial score (nSPS) is 34.2. The fourth-order valence-corrected chi connectivity index (χ4v) is 2.93. The van der Waals surface area contributed by atoms with Gasteiger partial charge in [0.05, 0.1) is 12.7 Å². The van der Waals surface area contributed by atoms with Crippen molar-refractivity contribution >= 4 is 0 Å². The summed E-state index contributed by atoms with van der Waals surface area (Å²) in [6, 6.07) is 10.8. The molecule has 0 bridgehead atoms. The molecule has 16 heavy (non-hydrogen) atoms. The summed E-state index contributed by atoms with van der Waals surface area (Å²) in [6.07, 6.45) is 1.73. The number of ether oxygens (including phenoxy) is 1. The van der Waals surface area contributed by atoms with E-state index in [2.05, 4.69) is 42.2 Å². The van der Waals surface area contributed by atoms with Gasteiger partial charge in [0, 0.05) is 25.0 Å². The predicted octanol–water partition coefficient (Wildman–Crippen LogP) is 2.30. The largest absolute Gasteiger partial charge is 0.377 e. The summed E-state index contributed by atoms with van der Waals surface area (Å²) in [6.45, 7) is 6.76. The molecule has 0 aromatic heterocycles. The second-order valence-electron chi connectivity index (χ2n) is 5.44. The van der Waals surface area contributed by atoms with Gasteiger partial charge in [-0.15, -0.1) is 0 Å². The summed E-state index contributed by atoms with van der Waals surface area (Å²) in [5.41, 5.74) is 1.84. The Morgan fingerprint density at radius 2 is 2.19 bits per heavy atom. The zero-order valence-electron chi connectivity index (χ0n) is 9.86. The molecular formula is C14H19NO. The van der Waals surface area contributed by atoms with Gasteiger partial charge in [0.1, 0.15) is 0 Å². The average molecular weight is 217 g/mol. The number of hydrogen-bond acceptors (Lipinski definition) is 2. The third-order valence-electron chi connectivity index (χ3n) is 3.93. The Kier molecular flexibility index (Phi) is 2.49. The Labute approximate surface area is 97.2 Å². The maximum atomic E-state index is 5.61. The van der Waals surface area contributed by atoms with Crippen LogP contribution in [0.25, 0.3) is 0 Å². The lowest BCUT2D eigenvalue weighted by Crippen LogP contribution is -2.60. The van der Waals surface area contributed by atoms with Crippen molar-refractivity contribution in [1.29, 1.82) is 0 Å². The SMILES string of the molecule is C[C@@]12CO[C@@H]1CCN(Cc1ccccc1)C2. The lowest BCUT2D eigenvalue weighted by Gasteiger charge is -2.53. The zero-order valence-corrected chi connectivity index (χ0v) is 9.86. The van der Waals surface area contributed by atoms with Crippen LogP contribution >= 0.6 is 0 Å². The highest BCUT2D eigenvalue weighted by atomic mass is 16.5. The number of fused-ring (bicyclic) bond motifs is 1. The number of nitrogens with zero attached hydrogens (tertiary/aromatic N) is 1. The van der Waals surface area contributed by atoms with Crippen molar-refractivity contribution in [1.82, 2.24) is 4.90 Å².